The molecule has 2 aromatic carbocycles. The van der Waals surface area contributed by atoms with Crippen molar-refractivity contribution in [2.24, 2.45) is 5.92 Å². The number of carbonyl (C=O) groups is 1. The highest BCUT2D eigenvalue weighted by atomic mass is 16.6. The van der Waals surface area contributed by atoms with Crippen LogP contribution in [-0.2, 0) is 17.6 Å². The molecule has 3 atom stereocenters. The van der Waals surface area contributed by atoms with Crippen LogP contribution in [0.25, 0.3) is 0 Å². The highest BCUT2D eigenvalue weighted by molar-refractivity contribution is 5.69. The summed E-state index contributed by atoms with van der Waals surface area (Å²) in [4.78, 5) is 12.7. The lowest BCUT2D eigenvalue weighted by Crippen LogP contribution is -2.51. The van der Waals surface area contributed by atoms with Gasteiger partial charge < -0.3 is 4.74 Å². The number of amides is 1. The normalized spacial score (nSPS) is 24.8. The minimum Gasteiger partial charge on any atom is -0.446 e. The molecule has 2 heterocycles. The van der Waals surface area contributed by atoms with Crippen molar-refractivity contribution >= 4 is 6.09 Å². The fourth-order valence-corrected chi connectivity index (χ4v) is 4.92. The Labute approximate surface area is 174 Å². The summed E-state index contributed by atoms with van der Waals surface area (Å²) < 4.78 is 5.51. The smallest absolute Gasteiger partial charge is 0.424 e. The number of benzene rings is 2. The molecule has 0 aromatic heterocycles. The molecule has 1 amide bonds. The number of aryl methyl sites for hydroxylation is 1. The quantitative estimate of drug-likeness (QED) is 0.627. The van der Waals surface area contributed by atoms with Gasteiger partial charge in [-0.25, -0.2) is 14.8 Å². The number of carbonyl (C=O) groups excluding carboxylic acids is 1. The maximum absolute atomic E-state index is 12.7. The van der Waals surface area contributed by atoms with E-state index in [1.54, 1.807) is 0 Å². The Balaban J connectivity index is 1.49. The van der Waals surface area contributed by atoms with Gasteiger partial charge in [-0.1, -0.05) is 74.0 Å². The molecule has 2 saturated heterocycles. The largest absolute Gasteiger partial charge is 0.446 e. The number of cyclic esters (lactones) is 1. The first kappa shape index (κ1) is 20.0. The van der Waals surface area contributed by atoms with Crippen molar-refractivity contribution in [2.75, 3.05) is 13.2 Å². The summed E-state index contributed by atoms with van der Waals surface area (Å²) in [5, 5.41) is 4.31. The van der Waals surface area contributed by atoms with Crippen molar-refractivity contribution in [1.29, 1.82) is 0 Å². The van der Waals surface area contributed by atoms with Crippen LogP contribution in [0.3, 0.4) is 0 Å². The maximum Gasteiger partial charge on any atom is 0.424 e. The minimum absolute atomic E-state index is 0.0875. The monoisotopic (exact) mass is 392 g/mol. The van der Waals surface area contributed by atoms with Crippen molar-refractivity contribution in [3.63, 3.8) is 0 Å². The minimum atomic E-state index is -0.173. The number of hydrazine groups is 1. The summed E-state index contributed by atoms with van der Waals surface area (Å²) >= 11 is 0. The lowest BCUT2D eigenvalue weighted by Gasteiger charge is -2.35. The number of rotatable bonds is 8. The van der Waals surface area contributed by atoms with Crippen LogP contribution in [0, 0.1) is 5.92 Å². The van der Waals surface area contributed by atoms with Gasteiger partial charge in [0.25, 0.3) is 0 Å². The first-order valence-corrected chi connectivity index (χ1v) is 11.0. The molecular formula is C25H32N2O2. The second kappa shape index (κ2) is 9.45. The Morgan fingerprint density at radius 3 is 2.31 bits per heavy atom. The predicted molar refractivity (Wildman–Crippen MR) is 115 cm³/mol. The number of hydrogen-bond acceptors (Lipinski definition) is 3. The van der Waals surface area contributed by atoms with Crippen molar-refractivity contribution in [3.05, 3.63) is 71.8 Å². The van der Waals surface area contributed by atoms with Crippen molar-refractivity contribution in [1.82, 2.24) is 10.0 Å². The van der Waals surface area contributed by atoms with E-state index in [-0.39, 0.29) is 12.1 Å². The van der Waals surface area contributed by atoms with Gasteiger partial charge in [-0.2, -0.15) is 0 Å². The third-order valence-electron chi connectivity index (χ3n) is 6.30. The number of nitrogens with zero attached hydrogens (tertiary/aromatic N) is 2. The van der Waals surface area contributed by atoms with Crippen LogP contribution in [0.4, 0.5) is 4.79 Å². The lowest BCUT2D eigenvalue weighted by atomic mass is 9.97. The Morgan fingerprint density at radius 1 is 0.931 bits per heavy atom. The average molecular weight is 393 g/mol. The molecule has 4 nitrogen and oxygen atoms in total. The predicted octanol–water partition coefficient (Wildman–Crippen LogP) is 5.09. The molecule has 2 fully saturated rings. The Kier molecular flexibility index (Phi) is 6.50. The van der Waals surface area contributed by atoms with Gasteiger partial charge in [-0.15, -0.1) is 0 Å². The van der Waals surface area contributed by atoms with Crippen LogP contribution < -0.4 is 0 Å². The molecule has 0 bridgehead atoms. The van der Waals surface area contributed by atoms with Crippen LogP contribution in [0.5, 0.6) is 0 Å². The van der Waals surface area contributed by atoms with Crippen molar-refractivity contribution in [2.45, 2.75) is 57.5 Å². The van der Waals surface area contributed by atoms with E-state index < -0.39 is 0 Å². The van der Waals surface area contributed by atoms with Gasteiger partial charge in [0.2, 0.25) is 0 Å². The summed E-state index contributed by atoms with van der Waals surface area (Å²) in [5.41, 5.74) is 2.63. The van der Waals surface area contributed by atoms with E-state index >= 15 is 0 Å². The maximum atomic E-state index is 12.7. The number of ether oxygens (including phenoxy) is 1. The molecule has 0 spiro atoms. The van der Waals surface area contributed by atoms with Crippen LogP contribution in [0.1, 0.15) is 43.7 Å². The zero-order chi connectivity index (χ0) is 20.1. The zero-order valence-electron chi connectivity index (χ0n) is 17.4. The van der Waals surface area contributed by atoms with E-state index in [0.717, 1.165) is 25.8 Å². The summed E-state index contributed by atoms with van der Waals surface area (Å²) in [6.07, 6.45) is 6.38. The third kappa shape index (κ3) is 4.81. The van der Waals surface area contributed by atoms with E-state index in [0.29, 0.717) is 18.6 Å². The lowest BCUT2D eigenvalue weighted by molar-refractivity contribution is -0.0172. The first-order valence-electron chi connectivity index (χ1n) is 11.0. The molecule has 4 heteroatoms. The van der Waals surface area contributed by atoms with E-state index in [2.05, 4.69) is 66.5 Å². The van der Waals surface area contributed by atoms with Gasteiger partial charge in [0, 0.05) is 12.6 Å². The van der Waals surface area contributed by atoms with Gasteiger partial charge in [0.15, 0.2) is 0 Å². The molecule has 0 N–H and O–H groups in total. The second-order valence-electron chi connectivity index (χ2n) is 8.46. The molecule has 4 rings (SSSR count). The Morgan fingerprint density at radius 2 is 1.62 bits per heavy atom. The van der Waals surface area contributed by atoms with Crippen molar-refractivity contribution in [3.8, 4) is 0 Å². The first-order chi connectivity index (χ1) is 14.2. The van der Waals surface area contributed by atoms with Gasteiger partial charge in [0.05, 0.1) is 6.04 Å². The molecule has 0 aliphatic carbocycles. The molecular weight excluding hydrogens is 360 g/mol. The summed E-state index contributed by atoms with van der Waals surface area (Å²) in [7, 11) is 0. The summed E-state index contributed by atoms with van der Waals surface area (Å²) in [6, 6.07) is 21.6. The molecule has 2 aliphatic rings. The topological polar surface area (TPSA) is 32.8 Å². The summed E-state index contributed by atoms with van der Waals surface area (Å²) in [5.74, 6) is 0.659. The van der Waals surface area contributed by atoms with E-state index in [1.807, 2.05) is 11.1 Å². The molecule has 2 aromatic rings. The second-order valence-corrected chi connectivity index (χ2v) is 8.46. The van der Waals surface area contributed by atoms with Crippen LogP contribution in [0.15, 0.2) is 60.7 Å². The van der Waals surface area contributed by atoms with Gasteiger partial charge in [-0.3, -0.25) is 0 Å². The highest BCUT2D eigenvalue weighted by Gasteiger charge is 2.44. The third-order valence-corrected chi connectivity index (χ3v) is 6.30. The highest BCUT2D eigenvalue weighted by Crippen LogP contribution is 2.34. The molecule has 3 unspecified atom stereocenters. The van der Waals surface area contributed by atoms with E-state index in [4.69, 9.17) is 4.74 Å². The van der Waals surface area contributed by atoms with Gasteiger partial charge in [-0.05, 0) is 49.1 Å². The van der Waals surface area contributed by atoms with Gasteiger partial charge >= 0.3 is 6.09 Å². The molecule has 154 valence electrons. The van der Waals surface area contributed by atoms with Crippen LogP contribution in [0.2, 0.25) is 0 Å². The Hall–Kier alpha value is -2.33. The fraction of sp³-hybridized carbons (Fsp3) is 0.480. The molecule has 0 saturated carbocycles. The summed E-state index contributed by atoms with van der Waals surface area (Å²) in [6.45, 7) is 3.70. The molecule has 0 radical (unpaired) electrons. The average Bonchev–Trinajstić information content (AvgIpc) is 3.31. The fourth-order valence-electron chi connectivity index (χ4n) is 4.92. The van der Waals surface area contributed by atoms with Crippen molar-refractivity contribution < 1.29 is 9.53 Å². The zero-order valence-corrected chi connectivity index (χ0v) is 17.4. The van der Waals surface area contributed by atoms with Gasteiger partial charge in [0.1, 0.15) is 6.61 Å². The molecule has 2 aliphatic heterocycles. The number of hydrogen-bond donors (Lipinski definition) is 0. The van der Waals surface area contributed by atoms with E-state index in [1.165, 1.54) is 30.4 Å². The van der Waals surface area contributed by atoms with Crippen LogP contribution >= 0.6 is 0 Å². The molecule has 29 heavy (non-hydrogen) atoms. The standard InChI is InChI=1S/C25H32N2O2/c1-2-9-22-17-23(15-14-20-10-5-3-6-11-20)26(18-22)27-24(19-29-25(27)28)16-21-12-7-4-8-13-21/h3-8,10-13,22-24H,2,9,14-19H2,1H3. The SMILES string of the molecule is CCCC1CC(CCc2ccccc2)N(N2C(=O)OCC2Cc2ccccc2)C1. The Bertz CT molecular complexity index is 780. The van der Waals surface area contributed by atoms with E-state index in [9.17, 15) is 4.79 Å². The van der Waals surface area contributed by atoms with Crippen LogP contribution in [-0.4, -0.2) is 41.3 Å².